The Balaban J connectivity index is 2.19. The third-order valence-electron chi connectivity index (χ3n) is 2.52. The molecule has 1 rings (SSSR count). The van der Waals surface area contributed by atoms with Crippen molar-refractivity contribution < 1.29 is 9.78 Å². The van der Waals surface area contributed by atoms with Crippen LogP contribution in [0.3, 0.4) is 0 Å². The monoisotopic (exact) mass is 182 g/mol. The van der Waals surface area contributed by atoms with Crippen LogP contribution >= 0.6 is 0 Å². The Bertz CT molecular complexity index is 196. The molecule has 0 aromatic carbocycles. The van der Waals surface area contributed by atoms with Crippen LogP contribution in [0.2, 0.25) is 0 Å². The lowest BCUT2D eigenvalue weighted by Gasteiger charge is -2.24. The van der Waals surface area contributed by atoms with E-state index < -0.39 is 0 Å². The third kappa shape index (κ3) is 3.67. The molecule has 0 amide bonds. The van der Waals surface area contributed by atoms with E-state index in [1.165, 1.54) is 12.8 Å². The molecule has 0 bridgehead atoms. The van der Waals surface area contributed by atoms with Gasteiger partial charge < -0.3 is 4.89 Å². The summed E-state index contributed by atoms with van der Waals surface area (Å²) in [5, 5.41) is 0. The minimum Gasteiger partial charge on any atom is -0.334 e. The third-order valence-corrected chi connectivity index (χ3v) is 2.52. The summed E-state index contributed by atoms with van der Waals surface area (Å²) in [5.41, 5.74) is 2.63. The Morgan fingerprint density at radius 1 is 1.31 bits per heavy atom. The molecule has 0 unspecified atom stereocenters. The number of hydrogen-bond donors (Lipinski definition) is 0. The van der Waals surface area contributed by atoms with Crippen LogP contribution in [0, 0.1) is 5.92 Å². The fraction of sp³-hybridized carbons (Fsp3) is 0.727. The van der Waals surface area contributed by atoms with Crippen molar-refractivity contribution in [1.82, 2.24) is 0 Å². The van der Waals surface area contributed by atoms with Gasteiger partial charge in [0.15, 0.2) is 5.76 Å². The van der Waals surface area contributed by atoms with Gasteiger partial charge in [-0.1, -0.05) is 19.2 Å². The Labute approximate surface area is 80.2 Å². The van der Waals surface area contributed by atoms with E-state index >= 15 is 0 Å². The first-order valence-corrected chi connectivity index (χ1v) is 4.92. The minimum absolute atomic E-state index is 0.263. The first-order valence-electron chi connectivity index (χ1n) is 4.92. The molecule has 2 nitrogen and oxygen atoms in total. The van der Waals surface area contributed by atoms with Crippen molar-refractivity contribution in [2.24, 2.45) is 5.92 Å². The van der Waals surface area contributed by atoms with E-state index in [9.17, 15) is 0 Å². The average Bonchev–Trinajstić information content (AvgIpc) is 2.16. The standard InChI is InChI=1S/C11H18O2/c1-4-10(3)12-13-11-7-5-9(2)6-8-11/h9,11H,1,5-8H2,2-3H3. The maximum absolute atomic E-state index is 5.24. The summed E-state index contributed by atoms with van der Waals surface area (Å²) in [5.74, 6) is 1.45. The van der Waals surface area contributed by atoms with E-state index in [0.717, 1.165) is 18.8 Å². The van der Waals surface area contributed by atoms with Crippen LogP contribution < -0.4 is 0 Å². The van der Waals surface area contributed by atoms with E-state index in [1.807, 2.05) is 0 Å². The zero-order valence-electron chi connectivity index (χ0n) is 8.51. The molecule has 0 spiro atoms. The quantitative estimate of drug-likeness (QED) is 0.289. The topological polar surface area (TPSA) is 18.5 Å². The lowest BCUT2D eigenvalue weighted by Crippen LogP contribution is -2.20. The van der Waals surface area contributed by atoms with Gasteiger partial charge in [0, 0.05) is 6.92 Å². The van der Waals surface area contributed by atoms with E-state index in [4.69, 9.17) is 9.78 Å². The molecule has 0 saturated heterocycles. The summed E-state index contributed by atoms with van der Waals surface area (Å²) in [4.78, 5) is 10.3. The molecule has 0 atom stereocenters. The second-order valence-electron chi connectivity index (χ2n) is 3.79. The van der Waals surface area contributed by atoms with Crippen molar-refractivity contribution >= 4 is 0 Å². The highest BCUT2D eigenvalue weighted by atomic mass is 17.2. The predicted octanol–water partition coefficient (Wildman–Crippen LogP) is 3.20. The summed E-state index contributed by atoms with van der Waals surface area (Å²) < 4.78 is 0. The molecule has 0 radical (unpaired) electrons. The normalized spacial score (nSPS) is 27.8. The molecule has 1 saturated carbocycles. The van der Waals surface area contributed by atoms with Gasteiger partial charge in [0.25, 0.3) is 0 Å². The fourth-order valence-electron chi connectivity index (χ4n) is 1.50. The molecule has 0 N–H and O–H groups in total. The van der Waals surface area contributed by atoms with Crippen molar-refractivity contribution in [2.45, 2.75) is 45.6 Å². The molecule has 0 aromatic heterocycles. The molecule has 0 heterocycles. The SMILES string of the molecule is C=C=C(C)OOC1CCC(C)CC1. The molecular weight excluding hydrogens is 164 g/mol. The molecule has 0 aliphatic heterocycles. The van der Waals surface area contributed by atoms with Gasteiger partial charge in [-0.25, -0.2) is 0 Å². The first-order chi connectivity index (χ1) is 6.22. The van der Waals surface area contributed by atoms with E-state index in [1.54, 1.807) is 6.92 Å². The second-order valence-corrected chi connectivity index (χ2v) is 3.79. The van der Waals surface area contributed by atoms with Crippen molar-refractivity contribution in [3.05, 3.63) is 18.1 Å². The largest absolute Gasteiger partial charge is 0.334 e. The fourth-order valence-corrected chi connectivity index (χ4v) is 1.50. The zero-order chi connectivity index (χ0) is 9.68. The van der Waals surface area contributed by atoms with Crippen LogP contribution in [0.5, 0.6) is 0 Å². The molecule has 74 valence electrons. The van der Waals surface area contributed by atoms with Crippen LogP contribution in [-0.4, -0.2) is 6.10 Å². The molecule has 2 heteroatoms. The molecular formula is C11H18O2. The summed E-state index contributed by atoms with van der Waals surface area (Å²) in [6, 6.07) is 0. The lowest BCUT2D eigenvalue weighted by atomic mass is 9.89. The van der Waals surface area contributed by atoms with Crippen molar-refractivity contribution in [2.75, 3.05) is 0 Å². The van der Waals surface area contributed by atoms with Crippen LogP contribution in [0.15, 0.2) is 18.1 Å². The average molecular weight is 182 g/mol. The van der Waals surface area contributed by atoms with Crippen molar-refractivity contribution in [3.8, 4) is 0 Å². The number of rotatable bonds is 3. The molecule has 1 fully saturated rings. The Kier molecular flexibility index (Phi) is 4.07. The maximum atomic E-state index is 5.24. The number of hydrogen-bond acceptors (Lipinski definition) is 2. The van der Waals surface area contributed by atoms with Crippen LogP contribution in [-0.2, 0) is 9.78 Å². The summed E-state index contributed by atoms with van der Waals surface area (Å²) in [7, 11) is 0. The first kappa shape index (κ1) is 10.4. The molecule has 1 aliphatic rings. The van der Waals surface area contributed by atoms with E-state index in [-0.39, 0.29) is 6.10 Å². The Morgan fingerprint density at radius 2 is 1.92 bits per heavy atom. The van der Waals surface area contributed by atoms with Crippen molar-refractivity contribution in [3.63, 3.8) is 0 Å². The van der Waals surface area contributed by atoms with Gasteiger partial charge in [-0.3, -0.25) is 0 Å². The highest BCUT2D eigenvalue weighted by Gasteiger charge is 2.19. The van der Waals surface area contributed by atoms with E-state index in [0.29, 0.717) is 5.76 Å². The van der Waals surface area contributed by atoms with Crippen molar-refractivity contribution in [1.29, 1.82) is 0 Å². The minimum atomic E-state index is 0.263. The van der Waals surface area contributed by atoms with Crippen LogP contribution in [0.1, 0.15) is 39.5 Å². The molecule has 1 aliphatic carbocycles. The van der Waals surface area contributed by atoms with E-state index in [2.05, 4.69) is 19.2 Å². The Hall–Kier alpha value is -0.720. The second kappa shape index (κ2) is 5.11. The van der Waals surface area contributed by atoms with Crippen LogP contribution in [0.4, 0.5) is 0 Å². The lowest BCUT2D eigenvalue weighted by molar-refractivity contribution is -0.300. The smallest absolute Gasteiger partial charge is 0.180 e. The van der Waals surface area contributed by atoms with Gasteiger partial charge in [0.05, 0.1) is 0 Å². The van der Waals surface area contributed by atoms with Gasteiger partial charge in [-0.2, -0.15) is 4.89 Å². The van der Waals surface area contributed by atoms with Gasteiger partial charge in [0.2, 0.25) is 0 Å². The zero-order valence-corrected chi connectivity index (χ0v) is 8.51. The van der Waals surface area contributed by atoms with Crippen LogP contribution in [0.25, 0.3) is 0 Å². The predicted molar refractivity (Wildman–Crippen MR) is 51.9 cm³/mol. The highest BCUT2D eigenvalue weighted by Crippen LogP contribution is 2.25. The molecule has 13 heavy (non-hydrogen) atoms. The Morgan fingerprint density at radius 3 is 2.46 bits per heavy atom. The summed E-state index contributed by atoms with van der Waals surface area (Å²) in [6.07, 6.45) is 4.95. The summed E-state index contributed by atoms with van der Waals surface area (Å²) in [6.45, 7) is 7.54. The highest BCUT2D eigenvalue weighted by molar-refractivity contribution is 4.81. The maximum Gasteiger partial charge on any atom is 0.180 e. The van der Waals surface area contributed by atoms with Gasteiger partial charge in [0.1, 0.15) is 6.10 Å². The van der Waals surface area contributed by atoms with Gasteiger partial charge >= 0.3 is 0 Å². The molecule has 0 aromatic rings. The van der Waals surface area contributed by atoms with Gasteiger partial charge in [-0.15, -0.1) is 0 Å². The summed E-state index contributed by atoms with van der Waals surface area (Å²) >= 11 is 0. The number of allylic oxidation sites excluding steroid dienone is 1. The van der Waals surface area contributed by atoms with Gasteiger partial charge in [-0.05, 0) is 31.6 Å².